The van der Waals surface area contributed by atoms with E-state index in [0.29, 0.717) is 15.6 Å². The van der Waals surface area contributed by atoms with Crippen LogP contribution in [0.15, 0.2) is 158 Å². The fraction of sp³-hybridized carbons (Fsp3) is 0.100. The van der Waals surface area contributed by atoms with Crippen LogP contribution in [0.2, 0.25) is 10.0 Å². The lowest BCUT2D eigenvalue weighted by Crippen LogP contribution is -2.29. The van der Waals surface area contributed by atoms with Crippen molar-refractivity contribution in [3.8, 4) is 0 Å². The Morgan fingerprint density at radius 2 is 0.750 bits per heavy atom. The number of alkyl halides is 1. The van der Waals surface area contributed by atoms with Crippen LogP contribution < -0.4 is 0 Å². The highest BCUT2D eigenvalue weighted by atomic mass is 35.5. The van der Waals surface area contributed by atoms with Crippen molar-refractivity contribution in [1.82, 2.24) is 0 Å². The van der Waals surface area contributed by atoms with Gasteiger partial charge in [0.2, 0.25) is 0 Å². The second-order valence-corrected chi connectivity index (χ2v) is 12.2. The second-order valence-electron chi connectivity index (χ2n) is 10.8. The van der Waals surface area contributed by atoms with Gasteiger partial charge in [0.1, 0.15) is 10.5 Å². The van der Waals surface area contributed by atoms with Gasteiger partial charge in [-0.15, -0.1) is 11.6 Å². The molecule has 2 unspecified atom stereocenters. The monoisotopic (exact) mass is 634 g/mol. The minimum Gasteiger partial charge on any atom is -0.376 e. The Morgan fingerprint density at radius 3 is 1.23 bits per heavy atom. The van der Waals surface area contributed by atoms with E-state index in [0.717, 1.165) is 33.4 Å². The fourth-order valence-corrected chi connectivity index (χ4v) is 6.39. The van der Waals surface area contributed by atoms with Crippen molar-refractivity contribution < 1.29 is 5.11 Å². The van der Waals surface area contributed by atoms with Crippen molar-refractivity contribution >= 4 is 34.8 Å². The Bertz CT molecular complexity index is 1670. The summed E-state index contributed by atoms with van der Waals surface area (Å²) in [5, 5.41) is 12.8. The van der Waals surface area contributed by atoms with Crippen LogP contribution in [0.5, 0.6) is 0 Å². The molecule has 0 aromatic heterocycles. The number of hydrogen-bond donors (Lipinski definition) is 1. The van der Waals surface area contributed by atoms with E-state index < -0.39 is 10.5 Å². The summed E-state index contributed by atoms with van der Waals surface area (Å²) >= 11 is 20.0. The Labute approximate surface area is 275 Å². The fourth-order valence-electron chi connectivity index (χ4n) is 5.38. The number of aliphatic hydroxyl groups is 1. The molecule has 2 atom stereocenters. The maximum Gasteiger partial charge on any atom is 0.141 e. The Kier molecular flexibility index (Phi) is 9.93. The van der Waals surface area contributed by atoms with Crippen LogP contribution >= 0.6 is 34.8 Å². The quantitative estimate of drug-likeness (QED) is 0.143. The SMILES string of the molecule is Cc1ccc(C(Cl)(c2ccccc2)c2ccccc2Cl)cc1.Cc1ccc(C(O)(c2ccccc2)c2ccccc2Cl)cc1. The smallest absolute Gasteiger partial charge is 0.141 e. The molecule has 0 saturated carbocycles. The number of aryl methyl sites for hydroxylation is 2. The van der Waals surface area contributed by atoms with Crippen molar-refractivity contribution in [1.29, 1.82) is 0 Å². The molecule has 4 heteroatoms. The maximum absolute atomic E-state index is 11.6. The molecule has 1 nitrogen and oxygen atoms in total. The Balaban J connectivity index is 0.000000175. The van der Waals surface area contributed by atoms with Gasteiger partial charge in [-0.25, -0.2) is 0 Å². The van der Waals surface area contributed by atoms with Crippen molar-refractivity contribution in [3.63, 3.8) is 0 Å². The summed E-state index contributed by atoms with van der Waals surface area (Å²) in [6.45, 7) is 4.10. The van der Waals surface area contributed by atoms with Crippen molar-refractivity contribution in [2.24, 2.45) is 0 Å². The number of benzene rings is 6. The van der Waals surface area contributed by atoms with Crippen LogP contribution in [0.25, 0.3) is 0 Å². The van der Waals surface area contributed by atoms with Crippen LogP contribution in [0.4, 0.5) is 0 Å². The van der Waals surface area contributed by atoms with Crippen LogP contribution in [0, 0.1) is 13.8 Å². The molecule has 1 N–H and O–H groups in total. The zero-order chi connectivity index (χ0) is 31.2. The van der Waals surface area contributed by atoms with E-state index in [1.54, 1.807) is 6.07 Å². The van der Waals surface area contributed by atoms with Crippen LogP contribution in [-0.4, -0.2) is 5.11 Å². The molecule has 0 spiro atoms. The summed E-state index contributed by atoms with van der Waals surface area (Å²) < 4.78 is 0. The van der Waals surface area contributed by atoms with E-state index in [2.05, 4.69) is 31.2 Å². The summed E-state index contributed by atoms with van der Waals surface area (Å²) in [6.07, 6.45) is 0. The molecule has 0 amide bonds. The molecule has 0 radical (unpaired) electrons. The summed E-state index contributed by atoms with van der Waals surface area (Å²) in [5.74, 6) is 0. The largest absolute Gasteiger partial charge is 0.376 e. The predicted molar refractivity (Wildman–Crippen MR) is 186 cm³/mol. The summed E-state index contributed by atoms with van der Waals surface area (Å²) in [6, 6.07) is 51.1. The number of hydrogen-bond acceptors (Lipinski definition) is 1. The predicted octanol–water partition coefficient (Wildman–Crippen LogP) is 11.1. The highest BCUT2D eigenvalue weighted by Crippen LogP contribution is 2.45. The molecule has 0 aliphatic rings. The molecule has 0 saturated heterocycles. The molecule has 6 aromatic carbocycles. The zero-order valence-corrected chi connectivity index (χ0v) is 26.9. The van der Waals surface area contributed by atoms with Crippen molar-refractivity contribution in [2.75, 3.05) is 0 Å². The van der Waals surface area contributed by atoms with Gasteiger partial charge in [-0.2, -0.15) is 0 Å². The zero-order valence-electron chi connectivity index (χ0n) is 24.6. The van der Waals surface area contributed by atoms with Gasteiger partial charge in [-0.1, -0.05) is 180 Å². The van der Waals surface area contributed by atoms with Gasteiger partial charge >= 0.3 is 0 Å². The van der Waals surface area contributed by atoms with Crippen LogP contribution in [-0.2, 0) is 10.5 Å². The Hall–Kier alpha value is -3.85. The van der Waals surface area contributed by atoms with Gasteiger partial charge < -0.3 is 5.11 Å². The first-order valence-corrected chi connectivity index (χ1v) is 15.5. The normalized spacial score (nSPS) is 13.6. The first-order chi connectivity index (χ1) is 21.2. The average Bonchev–Trinajstić information content (AvgIpc) is 3.06. The van der Waals surface area contributed by atoms with Gasteiger partial charge in [0.05, 0.1) is 0 Å². The molecular formula is C40H33Cl3O. The first kappa shape index (κ1) is 31.6. The van der Waals surface area contributed by atoms with Crippen molar-refractivity contribution in [2.45, 2.75) is 24.3 Å². The third-order valence-electron chi connectivity index (χ3n) is 7.79. The van der Waals surface area contributed by atoms with E-state index >= 15 is 0 Å². The lowest BCUT2D eigenvalue weighted by Gasteiger charge is -2.31. The summed E-state index contributed by atoms with van der Waals surface area (Å²) in [7, 11) is 0. The summed E-state index contributed by atoms with van der Waals surface area (Å²) in [4.78, 5) is -0.798. The lowest BCUT2D eigenvalue weighted by molar-refractivity contribution is 0.126. The van der Waals surface area contributed by atoms with Crippen LogP contribution in [0.1, 0.15) is 44.5 Å². The standard InChI is InChI=1S/C20H16Cl2.C20H17ClO/c2*1-15-11-13-17(14-12-15)20(22,16-7-3-2-4-8-16)18-9-5-6-10-19(18)21/h2-14H,1H3;2-14,22H,1H3. The second kappa shape index (κ2) is 13.8. The molecule has 6 aromatic rings. The first-order valence-electron chi connectivity index (χ1n) is 14.4. The van der Waals surface area contributed by atoms with Crippen LogP contribution in [0.3, 0.4) is 0 Å². The highest BCUT2D eigenvalue weighted by Gasteiger charge is 2.36. The third kappa shape index (κ3) is 6.48. The lowest BCUT2D eigenvalue weighted by atomic mass is 9.80. The van der Waals surface area contributed by atoms with E-state index in [-0.39, 0.29) is 0 Å². The molecule has 0 aliphatic carbocycles. The van der Waals surface area contributed by atoms with Gasteiger partial charge in [-0.3, -0.25) is 0 Å². The Morgan fingerprint density at radius 1 is 0.409 bits per heavy atom. The summed E-state index contributed by atoms with van der Waals surface area (Å²) in [5.41, 5.74) is 6.29. The van der Waals surface area contributed by atoms with Gasteiger partial charge in [0, 0.05) is 21.2 Å². The minimum absolute atomic E-state index is 0.550. The molecule has 220 valence electrons. The maximum atomic E-state index is 11.6. The highest BCUT2D eigenvalue weighted by molar-refractivity contribution is 6.34. The van der Waals surface area contributed by atoms with Gasteiger partial charge in [0.25, 0.3) is 0 Å². The van der Waals surface area contributed by atoms with E-state index in [1.807, 2.05) is 134 Å². The minimum atomic E-state index is -1.27. The molecule has 0 heterocycles. The number of rotatable bonds is 6. The molecule has 44 heavy (non-hydrogen) atoms. The topological polar surface area (TPSA) is 20.2 Å². The van der Waals surface area contributed by atoms with Crippen molar-refractivity contribution in [3.05, 3.63) is 212 Å². The molecule has 0 bridgehead atoms. The molecule has 6 rings (SSSR count). The van der Waals surface area contributed by atoms with E-state index in [1.165, 1.54) is 5.56 Å². The van der Waals surface area contributed by atoms with Gasteiger partial charge in [-0.05, 0) is 48.2 Å². The van der Waals surface area contributed by atoms with E-state index in [4.69, 9.17) is 34.8 Å². The van der Waals surface area contributed by atoms with Gasteiger partial charge in [0.15, 0.2) is 0 Å². The number of halogens is 3. The molecular weight excluding hydrogens is 603 g/mol. The average molecular weight is 636 g/mol. The molecule has 0 aliphatic heterocycles. The van der Waals surface area contributed by atoms with E-state index in [9.17, 15) is 5.11 Å². The third-order valence-corrected chi connectivity index (χ3v) is 9.09. The molecule has 0 fully saturated rings.